The lowest BCUT2D eigenvalue weighted by Gasteiger charge is -2.20. The highest BCUT2D eigenvalue weighted by atomic mass is 16.3. The molecule has 1 aromatic rings. The van der Waals surface area contributed by atoms with Gasteiger partial charge in [-0.2, -0.15) is 5.10 Å². The van der Waals surface area contributed by atoms with Crippen LogP contribution in [0.5, 0.6) is 0 Å². The van der Waals surface area contributed by atoms with E-state index in [1.54, 1.807) is 31.2 Å². The van der Waals surface area contributed by atoms with Crippen molar-refractivity contribution in [1.29, 1.82) is 0 Å². The Morgan fingerprint density at radius 3 is 2.15 bits per heavy atom. The van der Waals surface area contributed by atoms with Crippen LogP contribution in [0.3, 0.4) is 0 Å². The zero-order valence-electron chi connectivity index (χ0n) is 15.9. The summed E-state index contributed by atoms with van der Waals surface area (Å²) in [5.74, 6) is -1.63. The van der Waals surface area contributed by atoms with Gasteiger partial charge < -0.3 is 20.4 Å². The van der Waals surface area contributed by atoms with Crippen molar-refractivity contribution < 1.29 is 19.8 Å². The number of nitrogens with zero attached hydrogens (tertiary/aromatic N) is 2. The minimum absolute atomic E-state index is 0.414. The maximum atomic E-state index is 11.9. The number of hydrogen-bond acceptors (Lipinski definition) is 6. The van der Waals surface area contributed by atoms with Crippen molar-refractivity contribution >= 4 is 23.2 Å². The molecule has 0 aliphatic carbocycles. The summed E-state index contributed by atoms with van der Waals surface area (Å²) >= 11 is 0. The van der Waals surface area contributed by atoms with E-state index >= 15 is 0 Å². The number of aliphatic hydroxyl groups is 2. The standard InChI is InChI=1S/C16H22N4O4.C2H6/c1-5-17-19-10(2)11-6-8-12(9-7-11)18-15(23)13(21)14(22)16(24)20(3)4;1-2/h5-9,13-14,17,21-22H,1H2,2-4H3,(H,18,23);1-2H3/b19-10+;. The molecular weight excluding hydrogens is 336 g/mol. The van der Waals surface area contributed by atoms with Crippen molar-refractivity contribution in [3.8, 4) is 0 Å². The number of amides is 2. The highest BCUT2D eigenvalue weighted by Crippen LogP contribution is 2.11. The minimum Gasteiger partial charge on any atom is -0.380 e. The molecule has 0 radical (unpaired) electrons. The Kier molecular flexibility index (Phi) is 10.5. The first kappa shape index (κ1) is 23.3. The normalized spacial score (nSPS) is 12.8. The number of carbonyl (C=O) groups excluding carboxylic acids is 2. The van der Waals surface area contributed by atoms with Crippen LogP contribution >= 0.6 is 0 Å². The molecule has 1 aromatic carbocycles. The van der Waals surface area contributed by atoms with Crippen molar-refractivity contribution in [2.45, 2.75) is 33.0 Å². The Morgan fingerprint density at radius 2 is 1.69 bits per heavy atom. The van der Waals surface area contributed by atoms with Gasteiger partial charge in [-0.3, -0.25) is 15.0 Å². The summed E-state index contributed by atoms with van der Waals surface area (Å²) in [6.45, 7) is 9.29. The summed E-state index contributed by atoms with van der Waals surface area (Å²) in [6, 6.07) is 6.69. The van der Waals surface area contributed by atoms with Crippen molar-refractivity contribution in [3.05, 3.63) is 42.6 Å². The maximum Gasteiger partial charge on any atom is 0.256 e. The average Bonchev–Trinajstić information content (AvgIpc) is 2.66. The van der Waals surface area contributed by atoms with Gasteiger partial charge in [0.25, 0.3) is 11.8 Å². The highest BCUT2D eigenvalue weighted by Gasteiger charge is 2.31. The van der Waals surface area contributed by atoms with Crippen LogP contribution in [0.25, 0.3) is 0 Å². The summed E-state index contributed by atoms with van der Waals surface area (Å²) in [4.78, 5) is 24.6. The molecule has 0 aliphatic heterocycles. The summed E-state index contributed by atoms with van der Waals surface area (Å²) in [5, 5.41) is 25.9. The fraction of sp³-hybridized carbons (Fsp3) is 0.389. The van der Waals surface area contributed by atoms with E-state index < -0.39 is 24.0 Å². The second kappa shape index (κ2) is 11.8. The largest absolute Gasteiger partial charge is 0.380 e. The monoisotopic (exact) mass is 364 g/mol. The number of hydrazone groups is 1. The summed E-state index contributed by atoms with van der Waals surface area (Å²) < 4.78 is 0. The SMILES string of the molecule is C=CN/N=C(\C)c1ccc(NC(=O)C(O)C(O)C(=O)N(C)C)cc1.CC. The number of rotatable bonds is 7. The van der Waals surface area contributed by atoms with Crippen LogP contribution in [0.15, 0.2) is 42.1 Å². The molecule has 8 heteroatoms. The number of hydrogen-bond donors (Lipinski definition) is 4. The third-order valence-corrected chi connectivity index (χ3v) is 3.16. The average molecular weight is 364 g/mol. The molecule has 0 aromatic heterocycles. The molecule has 2 atom stereocenters. The predicted molar refractivity (Wildman–Crippen MR) is 103 cm³/mol. The fourth-order valence-electron chi connectivity index (χ4n) is 1.76. The van der Waals surface area contributed by atoms with E-state index in [0.717, 1.165) is 16.2 Å². The molecule has 0 spiro atoms. The van der Waals surface area contributed by atoms with Gasteiger partial charge in [-0.15, -0.1) is 0 Å². The van der Waals surface area contributed by atoms with Crippen LogP contribution in [0, 0.1) is 0 Å². The molecule has 26 heavy (non-hydrogen) atoms. The summed E-state index contributed by atoms with van der Waals surface area (Å²) in [7, 11) is 2.83. The van der Waals surface area contributed by atoms with Crippen molar-refractivity contribution in [1.82, 2.24) is 10.3 Å². The molecule has 0 bridgehead atoms. The first-order valence-corrected chi connectivity index (χ1v) is 8.17. The second-order valence-corrected chi connectivity index (χ2v) is 5.22. The fourth-order valence-corrected chi connectivity index (χ4v) is 1.76. The van der Waals surface area contributed by atoms with Gasteiger partial charge in [0, 0.05) is 26.0 Å². The van der Waals surface area contributed by atoms with Crippen LogP contribution in [-0.4, -0.2) is 58.9 Å². The molecule has 2 amide bonds. The predicted octanol–water partition coefficient (Wildman–Crippen LogP) is 0.918. The first-order valence-electron chi connectivity index (χ1n) is 8.17. The third kappa shape index (κ3) is 7.04. The number of carbonyl (C=O) groups is 2. The van der Waals surface area contributed by atoms with E-state index in [1.807, 2.05) is 13.8 Å². The van der Waals surface area contributed by atoms with E-state index in [-0.39, 0.29) is 0 Å². The molecule has 144 valence electrons. The second-order valence-electron chi connectivity index (χ2n) is 5.22. The van der Waals surface area contributed by atoms with Gasteiger partial charge in [-0.25, -0.2) is 0 Å². The van der Waals surface area contributed by atoms with E-state index in [0.29, 0.717) is 5.69 Å². The number of benzene rings is 1. The van der Waals surface area contributed by atoms with Crippen LogP contribution in [0.2, 0.25) is 0 Å². The topological polar surface area (TPSA) is 114 Å². The van der Waals surface area contributed by atoms with Crippen LogP contribution in [0.1, 0.15) is 26.3 Å². The Balaban J connectivity index is 0.00000301. The van der Waals surface area contributed by atoms with Crippen LogP contribution in [-0.2, 0) is 9.59 Å². The first-order chi connectivity index (χ1) is 12.3. The van der Waals surface area contributed by atoms with Gasteiger partial charge in [0.2, 0.25) is 0 Å². The lowest BCUT2D eigenvalue weighted by atomic mass is 10.1. The number of aliphatic hydroxyl groups excluding tert-OH is 2. The molecule has 0 aliphatic rings. The molecule has 0 saturated carbocycles. The number of anilines is 1. The molecule has 0 heterocycles. The number of likely N-dealkylation sites (N-methyl/N-ethyl adjacent to an activating group) is 1. The zero-order chi connectivity index (χ0) is 20.3. The molecule has 2 unspecified atom stereocenters. The van der Waals surface area contributed by atoms with Gasteiger partial charge in [-0.1, -0.05) is 32.6 Å². The van der Waals surface area contributed by atoms with Crippen molar-refractivity contribution in [2.75, 3.05) is 19.4 Å². The lowest BCUT2D eigenvalue weighted by molar-refractivity contribution is -0.149. The van der Waals surface area contributed by atoms with Gasteiger partial charge in [0.1, 0.15) is 0 Å². The highest BCUT2D eigenvalue weighted by molar-refractivity contribution is 6.00. The Labute approximate surface area is 154 Å². The third-order valence-electron chi connectivity index (χ3n) is 3.16. The summed E-state index contributed by atoms with van der Waals surface area (Å²) in [5.41, 5.74) is 4.59. The van der Waals surface area contributed by atoms with Crippen LogP contribution < -0.4 is 10.7 Å². The quantitative estimate of drug-likeness (QED) is 0.424. The minimum atomic E-state index is -1.86. The van der Waals surface area contributed by atoms with E-state index in [1.165, 1.54) is 20.3 Å². The van der Waals surface area contributed by atoms with Gasteiger partial charge in [0.15, 0.2) is 12.2 Å². The Bertz CT molecular complexity index is 627. The Morgan fingerprint density at radius 1 is 1.15 bits per heavy atom. The van der Waals surface area contributed by atoms with Crippen LogP contribution in [0.4, 0.5) is 5.69 Å². The van der Waals surface area contributed by atoms with Crippen molar-refractivity contribution in [3.63, 3.8) is 0 Å². The number of nitrogens with one attached hydrogen (secondary N) is 2. The van der Waals surface area contributed by atoms with Gasteiger partial charge in [0.05, 0.1) is 5.71 Å². The smallest absolute Gasteiger partial charge is 0.256 e. The lowest BCUT2D eigenvalue weighted by Crippen LogP contribution is -2.47. The van der Waals surface area contributed by atoms with E-state index in [2.05, 4.69) is 22.4 Å². The molecule has 1 rings (SSSR count). The summed E-state index contributed by atoms with van der Waals surface area (Å²) in [6.07, 6.45) is -2.24. The molecule has 0 fully saturated rings. The zero-order valence-corrected chi connectivity index (χ0v) is 15.9. The maximum absolute atomic E-state index is 11.9. The molecule has 8 nitrogen and oxygen atoms in total. The van der Waals surface area contributed by atoms with Gasteiger partial charge in [-0.05, 0) is 24.6 Å². The molecule has 0 saturated heterocycles. The Hall–Kier alpha value is -2.71. The van der Waals surface area contributed by atoms with Gasteiger partial charge >= 0.3 is 0 Å². The molecular formula is C18H28N4O4. The van der Waals surface area contributed by atoms with E-state index in [4.69, 9.17) is 0 Å². The van der Waals surface area contributed by atoms with E-state index in [9.17, 15) is 19.8 Å². The molecule has 4 N–H and O–H groups in total. The van der Waals surface area contributed by atoms with Crippen molar-refractivity contribution in [2.24, 2.45) is 5.10 Å².